The molecule has 0 aliphatic heterocycles. The zero-order chi connectivity index (χ0) is 16.1. The molecule has 0 unspecified atom stereocenters. The fraction of sp³-hybridized carbons (Fsp3) is 0.118. The Morgan fingerprint density at radius 2 is 1.50 bits per heavy atom. The molecule has 0 radical (unpaired) electrons. The Morgan fingerprint density at radius 3 is 2.14 bits per heavy atom. The van der Waals surface area contributed by atoms with E-state index < -0.39 is 17.9 Å². The molecule has 0 aromatic heterocycles. The summed E-state index contributed by atoms with van der Waals surface area (Å²) in [6.07, 6.45) is 0. The summed E-state index contributed by atoms with van der Waals surface area (Å²) in [5.41, 5.74) is 1.27. The van der Waals surface area contributed by atoms with Gasteiger partial charge in [0.1, 0.15) is 11.3 Å². The number of hydrogen-bond acceptors (Lipinski definition) is 5. The molecule has 0 aliphatic rings. The maximum absolute atomic E-state index is 12.1. The quantitative estimate of drug-likeness (QED) is 0.495. The molecule has 112 valence electrons. The summed E-state index contributed by atoms with van der Waals surface area (Å²) in [5.74, 6) is -2.15. The van der Waals surface area contributed by atoms with E-state index >= 15 is 0 Å². The van der Waals surface area contributed by atoms with Gasteiger partial charge in [0.05, 0.1) is 5.56 Å². The van der Waals surface area contributed by atoms with E-state index in [4.69, 9.17) is 9.47 Å². The minimum Gasteiger partial charge on any atom is -0.426 e. The first-order valence-electron chi connectivity index (χ1n) is 6.58. The van der Waals surface area contributed by atoms with Crippen LogP contribution in [0.15, 0.2) is 48.5 Å². The molecular weight excluding hydrogens is 284 g/mol. The number of aryl methyl sites for hydroxylation is 1. The van der Waals surface area contributed by atoms with Gasteiger partial charge in [0.25, 0.3) is 0 Å². The Hall–Kier alpha value is -2.95. The van der Waals surface area contributed by atoms with E-state index in [1.54, 1.807) is 36.4 Å². The lowest BCUT2D eigenvalue weighted by atomic mass is 10.1. The van der Waals surface area contributed by atoms with E-state index in [0.29, 0.717) is 0 Å². The van der Waals surface area contributed by atoms with Crippen molar-refractivity contribution in [3.63, 3.8) is 0 Å². The van der Waals surface area contributed by atoms with Gasteiger partial charge < -0.3 is 9.47 Å². The summed E-state index contributed by atoms with van der Waals surface area (Å²) in [7, 11) is 0. The van der Waals surface area contributed by atoms with E-state index in [1.165, 1.54) is 19.1 Å². The summed E-state index contributed by atoms with van der Waals surface area (Å²) in [6.45, 7) is 3.11. The molecule has 0 saturated heterocycles. The highest BCUT2D eigenvalue weighted by atomic mass is 16.6. The van der Waals surface area contributed by atoms with Gasteiger partial charge in [0.2, 0.25) is 0 Å². The summed E-state index contributed by atoms with van der Waals surface area (Å²) < 4.78 is 9.73. The maximum atomic E-state index is 12.1. The van der Waals surface area contributed by atoms with E-state index in [1.807, 2.05) is 6.92 Å². The molecule has 2 aromatic rings. The molecule has 2 aromatic carbocycles. The highest BCUT2D eigenvalue weighted by molar-refractivity contribution is 6.04. The van der Waals surface area contributed by atoms with E-state index in [2.05, 4.69) is 0 Å². The highest BCUT2D eigenvalue weighted by Crippen LogP contribution is 2.19. The van der Waals surface area contributed by atoms with Crippen LogP contribution in [-0.2, 0) is 9.53 Å². The van der Waals surface area contributed by atoms with Crippen molar-refractivity contribution in [1.29, 1.82) is 0 Å². The van der Waals surface area contributed by atoms with Crippen LogP contribution in [0.5, 0.6) is 5.75 Å². The Kier molecular flexibility index (Phi) is 4.68. The largest absolute Gasteiger partial charge is 0.426 e. The molecule has 5 nitrogen and oxygen atoms in total. The summed E-state index contributed by atoms with van der Waals surface area (Å²) in [4.78, 5) is 35.0. The normalized spacial score (nSPS) is 9.91. The first kappa shape index (κ1) is 15.4. The molecular formula is C17H14O5. The van der Waals surface area contributed by atoms with Crippen LogP contribution in [0.2, 0.25) is 0 Å². The monoisotopic (exact) mass is 298 g/mol. The van der Waals surface area contributed by atoms with Crippen LogP contribution in [-0.4, -0.2) is 17.9 Å². The maximum Gasteiger partial charge on any atom is 0.349 e. The second kappa shape index (κ2) is 6.67. The Labute approximate surface area is 127 Å². The third-order valence-electron chi connectivity index (χ3n) is 2.83. The number of rotatable bonds is 3. The highest BCUT2D eigenvalue weighted by Gasteiger charge is 2.19. The molecule has 0 fully saturated rings. The first-order valence-corrected chi connectivity index (χ1v) is 6.58. The molecule has 0 atom stereocenters. The topological polar surface area (TPSA) is 69.7 Å². The van der Waals surface area contributed by atoms with Crippen molar-refractivity contribution < 1.29 is 23.9 Å². The van der Waals surface area contributed by atoms with Gasteiger partial charge in [-0.2, -0.15) is 0 Å². The van der Waals surface area contributed by atoms with Gasteiger partial charge in [-0.05, 0) is 31.2 Å². The number of carbonyl (C=O) groups excluding carboxylic acids is 3. The van der Waals surface area contributed by atoms with Crippen molar-refractivity contribution in [3.8, 4) is 5.75 Å². The SMILES string of the molecule is CC(=O)Oc1ccccc1C(=O)OC(=O)c1ccc(C)cc1. The van der Waals surface area contributed by atoms with Crippen molar-refractivity contribution in [2.24, 2.45) is 0 Å². The van der Waals surface area contributed by atoms with Crippen LogP contribution in [0.1, 0.15) is 33.2 Å². The predicted molar refractivity (Wildman–Crippen MR) is 78.7 cm³/mol. The van der Waals surface area contributed by atoms with Gasteiger partial charge in [-0.3, -0.25) is 4.79 Å². The average molecular weight is 298 g/mol. The van der Waals surface area contributed by atoms with Crippen molar-refractivity contribution in [2.75, 3.05) is 0 Å². The fourth-order valence-electron chi connectivity index (χ4n) is 1.77. The van der Waals surface area contributed by atoms with Crippen LogP contribution in [0, 0.1) is 6.92 Å². The molecule has 22 heavy (non-hydrogen) atoms. The average Bonchev–Trinajstić information content (AvgIpc) is 2.47. The molecule has 0 bridgehead atoms. The zero-order valence-electron chi connectivity index (χ0n) is 12.2. The van der Waals surface area contributed by atoms with Crippen LogP contribution in [0.3, 0.4) is 0 Å². The number of para-hydroxylation sites is 1. The Bertz CT molecular complexity index is 716. The zero-order valence-corrected chi connectivity index (χ0v) is 12.2. The number of carbonyl (C=O) groups is 3. The van der Waals surface area contributed by atoms with E-state index in [-0.39, 0.29) is 16.9 Å². The standard InChI is InChI=1S/C17H14O5/c1-11-7-9-13(10-8-11)16(19)22-17(20)14-5-3-4-6-15(14)21-12(2)18/h3-10H,1-2H3. The smallest absolute Gasteiger partial charge is 0.349 e. The van der Waals surface area contributed by atoms with Crippen LogP contribution in [0.4, 0.5) is 0 Å². The van der Waals surface area contributed by atoms with Crippen LogP contribution >= 0.6 is 0 Å². The van der Waals surface area contributed by atoms with Crippen molar-refractivity contribution in [1.82, 2.24) is 0 Å². The second-order valence-corrected chi connectivity index (χ2v) is 4.63. The van der Waals surface area contributed by atoms with Gasteiger partial charge >= 0.3 is 17.9 Å². The van der Waals surface area contributed by atoms with Crippen molar-refractivity contribution in [2.45, 2.75) is 13.8 Å². The number of esters is 3. The third kappa shape index (κ3) is 3.79. The lowest BCUT2D eigenvalue weighted by Crippen LogP contribution is -2.15. The Morgan fingerprint density at radius 1 is 0.864 bits per heavy atom. The molecule has 0 amide bonds. The number of ether oxygens (including phenoxy) is 2. The molecule has 0 heterocycles. The van der Waals surface area contributed by atoms with Gasteiger partial charge in [-0.15, -0.1) is 0 Å². The first-order chi connectivity index (χ1) is 10.5. The number of hydrogen-bond donors (Lipinski definition) is 0. The molecule has 0 N–H and O–H groups in total. The summed E-state index contributed by atoms with van der Waals surface area (Å²) in [6, 6.07) is 12.7. The molecule has 0 saturated carbocycles. The second-order valence-electron chi connectivity index (χ2n) is 4.63. The summed E-state index contributed by atoms with van der Waals surface area (Å²) >= 11 is 0. The van der Waals surface area contributed by atoms with Gasteiger partial charge in [-0.1, -0.05) is 29.8 Å². The lowest BCUT2D eigenvalue weighted by Gasteiger charge is -2.08. The van der Waals surface area contributed by atoms with E-state index in [9.17, 15) is 14.4 Å². The predicted octanol–water partition coefficient (Wildman–Crippen LogP) is 2.92. The lowest BCUT2D eigenvalue weighted by molar-refractivity contribution is -0.131. The van der Waals surface area contributed by atoms with Gasteiger partial charge in [0.15, 0.2) is 0 Å². The molecule has 5 heteroatoms. The minimum atomic E-state index is -0.873. The van der Waals surface area contributed by atoms with Crippen molar-refractivity contribution in [3.05, 3.63) is 65.2 Å². The van der Waals surface area contributed by atoms with E-state index in [0.717, 1.165) is 5.56 Å². The third-order valence-corrected chi connectivity index (χ3v) is 2.83. The van der Waals surface area contributed by atoms with Crippen LogP contribution < -0.4 is 4.74 Å². The minimum absolute atomic E-state index is 0.0122. The molecule has 2 rings (SSSR count). The molecule has 0 spiro atoms. The summed E-state index contributed by atoms with van der Waals surface area (Å²) in [5, 5.41) is 0. The Balaban J connectivity index is 2.17. The fourth-order valence-corrected chi connectivity index (χ4v) is 1.77. The molecule has 0 aliphatic carbocycles. The van der Waals surface area contributed by atoms with Crippen molar-refractivity contribution >= 4 is 17.9 Å². The van der Waals surface area contributed by atoms with Gasteiger partial charge in [-0.25, -0.2) is 9.59 Å². The number of benzene rings is 2. The van der Waals surface area contributed by atoms with Crippen LogP contribution in [0.25, 0.3) is 0 Å². The van der Waals surface area contributed by atoms with Gasteiger partial charge in [0, 0.05) is 6.92 Å².